The number of nitrogens with one attached hydrogen (secondary N) is 2. The van der Waals surface area contributed by atoms with Gasteiger partial charge < -0.3 is 15.4 Å². The molecule has 1 fully saturated rings. The van der Waals surface area contributed by atoms with E-state index in [4.69, 9.17) is 4.74 Å². The Morgan fingerprint density at radius 2 is 2.13 bits per heavy atom. The minimum absolute atomic E-state index is 0. The standard InChI is InChI=1S/C15H20N2O4S.ClH/c18-15(9-11-10-21-7-6-16-11)17-13-5-8-22(19,20)14-4-2-1-3-12(13)14;/h1-4,11,13,16H,5-10H2,(H,17,18);1H. The van der Waals surface area contributed by atoms with Crippen molar-refractivity contribution in [2.24, 2.45) is 0 Å². The van der Waals surface area contributed by atoms with Crippen LogP contribution in [0, 0.1) is 0 Å². The van der Waals surface area contributed by atoms with Crippen LogP contribution in [0.1, 0.15) is 24.4 Å². The molecule has 0 saturated carbocycles. The zero-order chi connectivity index (χ0) is 15.6. The Labute approximate surface area is 142 Å². The third-order valence-corrected chi connectivity index (χ3v) is 5.89. The van der Waals surface area contributed by atoms with Crippen LogP contribution in [0.15, 0.2) is 29.2 Å². The summed E-state index contributed by atoms with van der Waals surface area (Å²) in [5.41, 5.74) is 0.690. The number of benzene rings is 1. The number of carbonyl (C=O) groups is 1. The molecule has 6 nitrogen and oxygen atoms in total. The van der Waals surface area contributed by atoms with Gasteiger partial charge in [-0.1, -0.05) is 18.2 Å². The molecule has 0 aromatic heterocycles. The third kappa shape index (κ3) is 4.23. The number of ether oxygens (including phenoxy) is 1. The number of rotatable bonds is 3. The highest BCUT2D eigenvalue weighted by Gasteiger charge is 2.31. The summed E-state index contributed by atoms with van der Waals surface area (Å²) in [4.78, 5) is 12.5. The van der Waals surface area contributed by atoms with Gasteiger partial charge >= 0.3 is 0 Å². The summed E-state index contributed by atoms with van der Waals surface area (Å²) in [6.45, 7) is 1.96. The van der Waals surface area contributed by atoms with E-state index in [9.17, 15) is 13.2 Å². The van der Waals surface area contributed by atoms with Gasteiger partial charge in [-0.25, -0.2) is 8.42 Å². The molecule has 23 heavy (non-hydrogen) atoms. The molecule has 0 aliphatic carbocycles. The number of hydrogen-bond donors (Lipinski definition) is 2. The monoisotopic (exact) mass is 360 g/mol. The highest BCUT2D eigenvalue weighted by molar-refractivity contribution is 7.91. The number of fused-ring (bicyclic) bond motifs is 1. The van der Waals surface area contributed by atoms with Crippen molar-refractivity contribution in [2.45, 2.75) is 29.8 Å². The molecule has 2 N–H and O–H groups in total. The topological polar surface area (TPSA) is 84.5 Å². The Morgan fingerprint density at radius 3 is 2.87 bits per heavy atom. The molecule has 3 rings (SSSR count). The van der Waals surface area contributed by atoms with Crippen LogP contribution in [0.4, 0.5) is 0 Å². The molecule has 2 aliphatic heterocycles. The van der Waals surface area contributed by atoms with Crippen LogP contribution in [-0.4, -0.2) is 45.9 Å². The van der Waals surface area contributed by atoms with Gasteiger partial charge in [0.05, 0.1) is 29.9 Å². The molecule has 1 saturated heterocycles. The average Bonchev–Trinajstić information content (AvgIpc) is 2.51. The highest BCUT2D eigenvalue weighted by atomic mass is 35.5. The largest absolute Gasteiger partial charge is 0.378 e. The molecule has 8 heteroatoms. The maximum Gasteiger partial charge on any atom is 0.222 e. The second kappa shape index (κ2) is 7.61. The zero-order valence-electron chi connectivity index (χ0n) is 12.7. The van der Waals surface area contributed by atoms with Crippen LogP contribution >= 0.6 is 12.4 Å². The predicted molar refractivity (Wildman–Crippen MR) is 88.5 cm³/mol. The first-order chi connectivity index (χ1) is 10.6. The normalized spacial score (nSPS) is 25.7. The molecule has 2 heterocycles. The number of carbonyl (C=O) groups excluding carboxylic acids is 1. The summed E-state index contributed by atoms with van der Waals surface area (Å²) in [7, 11) is -3.22. The lowest BCUT2D eigenvalue weighted by atomic mass is 10.0. The van der Waals surface area contributed by atoms with Crippen molar-refractivity contribution in [3.63, 3.8) is 0 Å². The SMILES string of the molecule is Cl.O=C(CC1COCCN1)NC1CCS(=O)(=O)c2ccccc21. The van der Waals surface area contributed by atoms with E-state index in [1.54, 1.807) is 24.3 Å². The van der Waals surface area contributed by atoms with Crippen LogP contribution in [0.5, 0.6) is 0 Å². The number of halogens is 1. The molecular weight excluding hydrogens is 340 g/mol. The van der Waals surface area contributed by atoms with E-state index >= 15 is 0 Å². The van der Waals surface area contributed by atoms with Crippen LogP contribution in [0.2, 0.25) is 0 Å². The molecule has 0 radical (unpaired) electrons. The van der Waals surface area contributed by atoms with Crippen molar-refractivity contribution in [2.75, 3.05) is 25.5 Å². The first kappa shape index (κ1) is 18.2. The lowest BCUT2D eigenvalue weighted by Gasteiger charge is -2.28. The number of amides is 1. The van der Waals surface area contributed by atoms with E-state index in [0.29, 0.717) is 36.5 Å². The van der Waals surface area contributed by atoms with Crippen molar-refractivity contribution >= 4 is 28.2 Å². The van der Waals surface area contributed by atoms with Gasteiger partial charge in [-0.3, -0.25) is 4.79 Å². The molecule has 2 atom stereocenters. The molecular formula is C15H21ClN2O4S. The van der Waals surface area contributed by atoms with Gasteiger partial charge in [0.2, 0.25) is 5.91 Å². The van der Waals surface area contributed by atoms with Crippen LogP contribution < -0.4 is 10.6 Å². The summed E-state index contributed by atoms with van der Waals surface area (Å²) < 4.78 is 29.5. The van der Waals surface area contributed by atoms with Gasteiger partial charge in [0, 0.05) is 19.0 Å². The van der Waals surface area contributed by atoms with Gasteiger partial charge in [0.1, 0.15) is 0 Å². The van der Waals surface area contributed by atoms with Crippen molar-refractivity contribution in [3.8, 4) is 0 Å². The maximum atomic E-state index is 12.2. The van der Waals surface area contributed by atoms with Gasteiger partial charge in [0.25, 0.3) is 0 Å². The first-order valence-corrected chi connectivity index (χ1v) is 9.14. The molecule has 2 unspecified atom stereocenters. The van der Waals surface area contributed by atoms with Crippen LogP contribution in [0.3, 0.4) is 0 Å². The predicted octanol–water partition coefficient (Wildman–Crippen LogP) is 0.822. The molecule has 0 bridgehead atoms. The van der Waals surface area contributed by atoms with Crippen LogP contribution in [0.25, 0.3) is 0 Å². The van der Waals surface area contributed by atoms with E-state index in [0.717, 1.165) is 6.54 Å². The molecule has 1 amide bonds. The van der Waals surface area contributed by atoms with E-state index in [-0.39, 0.29) is 36.2 Å². The smallest absolute Gasteiger partial charge is 0.222 e. The van der Waals surface area contributed by atoms with E-state index in [2.05, 4.69) is 10.6 Å². The Bertz CT molecular complexity index is 659. The fourth-order valence-corrected chi connectivity index (χ4v) is 4.59. The zero-order valence-corrected chi connectivity index (χ0v) is 14.3. The van der Waals surface area contributed by atoms with Crippen molar-refractivity contribution < 1.29 is 17.9 Å². The Kier molecular flexibility index (Phi) is 6.02. The minimum Gasteiger partial charge on any atom is -0.378 e. The van der Waals surface area contributed by atoms with Gasteiger partial charge in [-0.2, -0.15) is 0 Å². The van der Waals surface area contributed by atoms with Crippen molar-refractivity contribution in [1.29, 1.82) is 0 Å². The van der Waals surface area contributed by atoms with Crippen LogP contribution in [-0.2, 0) is 19.4 Å². The molecule has 0 spiro atoms. The molecule has 2 aliphatic rings. The second-order valence-electron chi connectivity index (χ2n) is 5.70. The van der Waals surface area contributed by atoms with Crippen molar-refractivity contribution in [1.82, 2.24) is 10.6 Å². The molecule has 1 aromatic rings. The first-order valence-electron chi connectivity index (χ1n) is 7.48. The maximum absolute atomic E-state index is 12.2. The van der Waals surface area contributed by atoms with Gasteiger partial charge in [-0.15, -0.1) is 12.4 Å². The minimum atomic E-state index is -3.22. The summed E-state index contributed by atoms with van der Waals surface area (Å²) in [6.07, 6.45) is 0.755. The summed E-state index contributed by atoms with van der Waals surface area (Å²) in [6, 6.07) is 6.69. The summed E-state index contributed by atoms with van der Waals surface area (Å²) in [5.74, 6) is -0.0122. The molecule has 1 aromatic carbocycles. The lowest BCUT2D eigenvalue weighted by molar-refractivity contribution is -0.123. The van der Waals surface area contributed by atoms with E-state index < -0.39 is 9.84 Å². The Balaban J connectivity index is 0.00000192. The lowest BCUT2D eigenvalue weighted by Crippen LogP contribution is -2.45. The number of hydrogen-bond acceptors (Lipinski definition) is 5. The fourth-order valence-electron chi connectivity index (χ4n) is 2.97. The van der Waals surface area contributed by atoms with E-state index in [1.807, 2.05) is 0 Å². The Morgan fingerprint density at radius 1 is 1.35 bits per heavy atom. The average molecular weight is 361 g/mol. The number of sulfone groups is 1. The van der Waals surface area contributed by atoms with Gasteiger partial charge in [-0.05, 0) is 18.1 Å². The fraction of sp³-hybridized carbons (Fsp3) is 0.533. The van der Waals surface area contributed by atoms with Crippen molar-refractivity contribution in [3.05, 3.63) is 29.8 Å². The quantitative estimate of drug-likeness (QED) is 0.833. The molecule has 128 valence electrons. The number of morpholine rings is 1. The second-order valence-corrected chi connectivity index (χ2v) is 7.77. The summed E-state index contributed by atoms with van der Waals surface area (Å²) >= 11 is 0. The van der Waals surface area contributed by atoms with Gasteiger partial charge in [0.15, 0.2) is 9.84 Å². The highest BCUT2D eigenvalue weighted by Crippen LogP contribution is 2.31. The third-order valence-electron chi connectivity index (χ3n) is 4.07. The van der Waals surface area contributed by atoms with E-state index in [1.165, 1.54) is 0 Å². The summed E-state index contributed by atoms with van der Waals surface area (Å²) in [5, 5.41) is 6.20. The Hall–Kier alpha value is -1.15.